The van der Waals surface area contributed by atoms with Crippen molar-refractivity contribution in [3.8, 4) is 0 Å². The zero-order valence-corrected chi connectivity index (χ0v) is 7.94. The normalized spacial score (nSPS) is 9.77. The Bertz CT molecular complexity index is 325. The van der Waals surface area contributed by atoms with Crippen LogP contribution in [-0.4, -0.2) is 0 Å². The molecular weight excluding hydrogens is 162 g/mol. The lowest BCUT2D eigenvalue weighted by Gasteiger charge is -2.04. The molecule has 0 aromatic heterocycles. The highest BCUT2D eigenvalue weighted by atomic mass is 15.1. The molecule has 0 radical (unpaired) electrons. The summed E-state index contributed by atoms with van der Waals surface area (Å²) in [5.41, 5.74) is 10.2. The zero-order chi connectivity index (χ0) is 9.68. The molecule has 0 fully saturated rings. The molecule has 3 heteroatoms. The molecular formula is C10H13N3. The van der Waals surface area contributed by atoms with E-state index < -0.39 is 0 Å². The molecule has 0 aliphatic carbocycles. The third-order valence-electron chi connectivity index (χ3n) is 1.71. The number of rotatable bonds is 3. The van der Waals surface area contributed by atoms with Gasteiger partial charge in [-0.05, 0) is 29.5 Å². The van der Waals surface area contributed by atoms with Crippen molar-refractivity contribution < 1.29 is 0 Å². The zero-order valence-electron chi connectivity index (χ0n) is 7.94. The summed E-state index contributed by atoms with van der Waals surface area (Å²) in [7, 11) is 0. The Kier molecular flexibility index (Phi) is 3.35. The fourth-order valence-corrected chi connectivity index (χ4v) is 1.27. The van der Waals surface area contributed by atoms with Gasteiger partial charge in [0.05, 0.1) is 0 Å². The number of nitrogens with zero attached hydrogens (tertiary/aromatic N) is 3. The molecule has 0 spiro atoms. The lowest BCUT2D eigenvalue weighted by atomic mass is 10.0. The number of azide groups is 1. The highest BCUT2D eigenvalue weighted by Crippen LogP contribution is 2.16. The van der Waals surface area contributed by atoms with E-state index in [2.05, 4.69) is 29.9 Å². The maximum atomic E-state index is 8.25. The van der Waals surface area contributed by atoms with Gasteiger partial charge in [-0.2, -0.15) is 0 Å². The van der Waals surface area contributed by atoms with Gasteiger partial charge in [0.1, 0.15) is 0 Å². The van der Waals surface area contributed by atoms with E-state index in [1.165, 1.54) is 5.56 Å². The second-order valence-electron chi connectivity index (χ2n) is 3.46. The number of benzene rings is 1. The van der Waals surface area contributed by atoms with Crippen LogP contribution in [0.25, 0.3) is 10.4 Å². The van der Waals surface area contributed by atoms with Gasteiger partial charge in [0.15, 0.2) is 0 Å². The van der Waals surface area contributed by atoms with Gasteiger partial charge in [-0.25, -0.2) is 0 Å². The molecule has 68 valence electrons. The van der Waals surface area contributed by atoms with Gasteiger partial charge in [0.2, 0.25) is 0 Å². The summed E-state index contributed by atoms with van der Waals surface area (Å²) >= 11 is 0. The van der Waals surface area contributed by atoms with E-state index in [4.69, 9.17) is 5.53 Å². The first kappa shape index (κ1) is 9.62. The maximum Gasteiger partial charge on any atom is 0.0378 e. The first-order valence-corrected chi connectivity index (χ1v) is 4.36. The summed E-state index contributed by atoms with van der Waals surface area (Å²) in [5, 5.41) is 3.56. The third kappa shape index (κ3) is 3.18. The van der Waals surface area contributed by atoms with Crippen LogP contribution in [0.15, 0.2) is 29.4 Å². The molecule has 0 atom stereocenters. The minimum Gasteiger partial charge on any atom is -0.0625 e. The lowest BCUT2D eigenvalue weighted by molar-refractivity contribution is 0.647. The lowest BCUT2D eigenvalue weighted by Crippen LogP contribution is -1.92. The van der Waals surface area contributed by atoms with E-state index in [1.807, 2.05) is 18.2 Å². The van der Waals surface area contributed by atoms with Crippen LogP contribution in [0.1, 0.15) is 19.4 Å². The average molecular weight is 175 g/mol. The van der Waals surface area contributed by atoms with Gasteiger partial charge in [-0.3, -0.25) is 0 Å². The molecule has 0 saturated heterocycles. The van der Waals surface area contributed by atoms with Crippen LogP contribution in [0.2, 0.25) is 0 Å². The monoisotopic (exact) mass is 175 g/mol. The molecule has 0 aliphatic rings. The quantitative estimate of drug-likeness (QED) is 0.381. The molecule has 0 bridgehead atoms. The summed E-state index contributed by atoms with van der Waals surface area (Å²) < 4.78 is 0. The first-order valence-electron chi connectivity index (χ1n) is 4.36. The summed E-state index contributed by atoms with van der Waals surface area (Å²) in [4.78, 5) is 2.75. The standard InChI is InChI=1S/C10H13N3/c1-8(2)6-9-4-3-5-10(7-9)12-13-11/h3-5,7-8H,6H2,1-2H3. The Morgan fingerprint density at radius 1 is 1.46 bits per heavy atom. The van der Waals surface area contributed by atoms with E-state index in [9.17, 15) is 0 Å². The van der Waals surface area contributed by atoms with Crippen molar-refractivity contribution in [2.45, 2.75) is 20.3 Å². The highest BCUT2D eigenvalue weighted by molar-refractivity contribution is 5.39. The van der Waals surface area contributed by atoms with Gasteiger partial charge in [0, 0.05) is 10.6 Å². The molecule has 1 aromatic carbocycles. The Balaban J connectivity index is 2.85. The number of hydrogen-bond donors (Lipinski definition) is 0. The smallest absolute Gasteiger partial charge is 0.0378 e. The summed E-state index contributed by atoms with van der Waals surface area (Å²) in [6.07, 6.45) is 1.02. The fourth-order valence-electron chi connectivity index (χ4n) is 1.27. The molecule has 0 saturated carbocycles. The Morgan fingerprint density at radius 2 is 2.23 bits per heavy atom. The highest BCUT2D eigenvalue weighted by Gasteiger charge is 1.97. The van der Waals surface area contributed by atoms with Gasteiger partial charge >= 0.3 is 0 Å². The second kappa shape index (κ2) is 4.53. The van der Waals surface area contributed by atoms with Crippen molar-refractivity contribution in [1.82, 2.24) is 0 Å². The van der Waals surface area contributed by atoms with Crippen molar-refractivity contribution in [1.29, 1.82) is 0 Å². The minimum absolute atomic E-state index is 0.626. The van der Waals surface area contributed by atoms with Crippen LogP contribution in [0, 0.1) is 5.92 Å². The fraction of sp³-hybridized carbons (Fsp3) is 0.400. The molecule has 0 heterocycles. The van der Waals surface area contributed by atoms with Crippen LogP contribution < -0.4 is 0 Å². The average Bonchev–Trinajstić information content (AvgIpc) is 2.04. The molecule has 0 N–H and O–H groups in total. The molecule has 0 amide bonds. The molecule has 3 nitrogen and oxygen atoms in total. The van der Waals surface area contributed by atoms with E-state index in [0.29, 0.717) is 11.6 Å². The molecule has 1 rings (SSSR count). The van der Waals surface area contributed by atoms with E-state index >= 15 is 0 Å². The Hall–Kier alpha value is -1.47. The van der Waals surface area contributed by atoms with Crippen LogP contribution in [0.3, 0.4) is 0 Å². The first-order chi connectivity index (χ1) is 6.22. The van der Waals surface area contributed by atoms with E-state index in [-0.39, 0.29) is 0 Å². The predicted octanol–water partition coefficient (Wildman–Crippen LogP) is 3.83. The van der Waals surface area contributed by atoms with Crippen LogP contribution in [0.5, 0.6) is 0 Å². The minimum atomic E-state index is 0.626. The largest absolute Gasteiger partial charge is 0.0625 e. The second-order valence-corrected chi connectivity index (χ2v) is 3.46. The van der Waals surface area contributed by atoms with E-state index in [1.54, 1.807) is 0 Å². The topological polar surface area (TPSA) is 48.8 Å². The summed E-state index contributed by atoms with van der Waals surface area (Å²) in [6, 6.07) is 7.71. The van der Waals surface area contributed by atoms with E-state index in [0.717, 1.165) is 6.42 Å². The SMILES string of the molecule is CC(C)Cc1cccc(N=[N+]=[N-])c1. The van der Waals surface area contributed by atoms with Crippen molar-refractivity contribution in [2.24, 2.45) is 11.0 Å². The van der Waals surface area contributed by atoms with Crippen LogP contribution >= 0.6 is 0 Å². The third-order valence-corrected chi connectivity index (χ3v) is 1.71. The van der Waals surface area contributed by atoms with Gasteiger partial charge in [-0.15, -0.1) is 0 Å². The molecule has 1 aromatic rings. The molecule has 0 aliphatic heterocycles. The Morgan fingerprint density at radius 3 is 2.85 bits per heavy atom. The number of hydrogen-bond acceptors (Lipinski definition) is 1. The van der Waals surface area contributed by atoms with Gasteiger partial charge < -0.3 is 0 Å². The van der Waals surface area contributed by atoms with Crippen LogP contribution in [-0.2, 0) is 6.42 Å². The molecule has 0 unspecified atom stereocenters. The predicted molar refractivity (Wildman–Crippen MR) is 53.8 cm³/mol. The van der Waals surface area contributed by atoms with Gasteiger partial charge in [-0.1, -0.05) is 37.2 Å². The molecule has 13 heavy (non-hydrogen) atoms. The van der Waals surface area contributed by atoms with Crippen molar-refractivity contribution in [2.75, 3.05) is 0 Å². The van der Waals surface area contributed by atoms with Crippen LogP contribution in [0.4, 0.5) is 5.69 Å². The summed E-state index contributed by atoms with van der Waals surface area (Å²) in [5.74, 6) is 0.626. The van der Waals surface area contributed by atoms with Crippen molar-refractivity contribution in [3.05, 3.63) is 40.3 Å². The summed E-state index contributed by atoms with van der Waals surface area (Å²) in [6.45, 7) is 4.33. The van der Waals surface area contributed by atoms with Crippen molar-refractivity contribution in [3.63, 3.8) is 0 Å². The van der Waals surface area contributed by atoms with Crippen molar-refractivity contribution >= 4 is 5.69 Å². The Labute approximate surface area is 78.0 Å². The maximum absolute atomic E-state index is 8.25. The van der Waals surface area contributed by atoms with Gasteiger partial charge in [0.25, 0.3) is 0 Å².